The van der Waals surface area contributed by atoms with Gasteiger partial charge in [-0.2, -0.15) is 0 Å². The van der Waals surface area contributed by atoms with Crippen molar-refractivity contribution in [2.24, 2.45) is 5.73 Å². The summed E-state index contributed by atoms with van der Waals surface area (Å²) in [6, 6.07) is 6.89. The Hall–Kier alpha value is -1.86. The Morgan fingerprint density at radius 1 is 1.44 bits per heavy atom. The summed E-state index contributed by atoms with van der Waals surface area (Å²) < 4.78 is 4.77. The highest BCUT2D eigenvalue weighted by Gasteiger charge is 2.05. The standard InChI is InChI=1S/C12H11NO2S/c1-2-7-15-12(14)10-5-3-9(4-6-10)8-11(13)16/h1,3-6H,7-8H2,(H2,13,16). The second-order valence-corrected chi connectivity index (χ2v) is 3.64. The molecule has 0 fully saturated rings. The van der Waals surface area contributed by atoms with Gasteiger partial charge >= 0.3 is 5.97 Å². The van der Waals surface area contributed by atoms with Gasteiger partial charge in [-0.3, -0.25) is 0 Å². The van der Waals surface area contributed by atoms with Gasteiger partial charge in [0.05, 0.1) is 10.6 Å². The SMILES string of the molecule is C#CCOC(=O)c1ccc(CC(N)=S)cc1. The Kier molecular flexibility index (Phi) is 4.49. The highest BCUT2D eigenvalue weighted by Crippen LogP contribution is 2.06. The summed E-state index contributed by atoms with van der Waals surface area (Å²) in [6.07, 6.45) is 5.50. The minimum Gasteiger partial charge on any atom is -0.449 e. The first-order chi connectivity index (χ1) is 7.63. The van der Waals surface area contributed by atoms with Gasteiger partial charge in [0.15, 0.2) is 6.61 Å². The molecule has 0 unspecified atom stereocenters. The Morgan fingerprint density at radius 3 is 2.56 bits per heavy atom. The number of terminal acetylenes is 1. The van der Waals surface area contributed by atoms with E-state index in [0.717, 1.165) is 5.56 Å². The van der Waals surface area contributed by atoms with Crippen LogP contribution in [0.3, 0.4) is 0 Å². The van der Waals surface area contributed by atoms with Crippen molar-refractivity contribution in [2.45, 2.75) is 6.42 Å². The van der Waals surface area contributed by atoms with E-state index in [-0.39, 0.29) is 6.61 Å². The first-order valence-electron chi connectivity index (χ1n) is 4.61. The minimum atomic E-state index is -0.431. The number of hydrogen-bond donors (Lipinski definition) is 1. The molecule has 4 heteroatoms. The van der Waals surface area contributed by atoms with E-state index in [9.17, 15) is 4.79 Å². The van der Waals surface area contributed by atoms with E-state index in [4.69, 9.17) is 29.1 Å². The lowest BCUT2D eigenvalue weighted by molar-refractivity contribution is 0.0557. The van der Waals surface area contributed by atoms with E-state index in [1.165, 1.54) is 0 Å². The van der Waals surface area contributed by atoms with Crippen LogP contribution in [0.5, 0.6) is 0 Å². The molecule has 0 saturated heterocycles. The van der Waals surface area contributed by atoms with Crippen LogP contribution in [0.4, 0.5) is 0 Å². The average molecular weight is 233 g/mol. The molecule has 0 aliphatic heterocycles. The molecular weight excluding hydrogens is 222 g/mol. The molecule has 0 aromatic heterocycles. The lowest BCUT2D eigenvalue weighted by atomic mass is 10.1. The van der Waals surface area contributed by atoms with E-state index >= 15 is 0 Å². The average Bonchev–Trinajstić information content (AvgIpc) is 2.26. The third kappa shape index (κ3) is 3.71. The Bertz CT molecular complexity index is 431. The molecule has 0 saturated carbocycles. The maximum Gasteiger partial charge on any atom is 0.339 e. The quantitative estimate of drug-likeness (QED) is 0.484. The fraction of sp³-hybridized carbons (Fsp3) is 0.167. The number of benzene rings is 1. The van der Waals surface area contributed by atoms with Crippen molar-refractivity contribution in [1.29, 1.82) is 0 Å². The minimum absolute atomic E-state index is 0.0204. The fourth-order valence-electron chi connectivity index (χ4n) is 1.15. The van der Waals surface area contributed by atoms with Crippen molar-refractivity contribution in [2.75, 3.05) is 6.61 Å². The zero-order chi connectivity index (χ0) is 12.0. The molecule has 82 valence electrons. The molecule has 16 heavy (non-hydrogen) atoms. The van der Waals surface area contributed by atoms with Crippen molar-refractivity contribution >= 4 is 23.2 Å². The highest BCUT2D eigenvalue weighted by atomic mass is 32.1. The molecule has 3 nitrogen and oxygen atoms in total. The van der Waals surface area contributed by atoms with E-state index in [0.29, 0.717) is 17.0 Å². The third-order valence-corrected chi connectivity index (χ3v) is 2.00. The number of hydrogen-bond acceptors (Lipinski definition) is 3. The molecule has 1 aromatic rings. The second kappa shape index (κ2) is 5.89. The predicted octanol–water partition coefficient (Wildman–Crippen LogP) is 1.31. The van der Waals surface area contributed by atoms with Crippen LogP contribution in [-0.2, 0) is 11.2 Å². The van der Waals surface area contributed by atoms with Crippen molar-refractivity contribution < 1.29 is 9.53 Å². The van der Waals surface area contributed by atoms with Crippen LogP contribution >= 0.6 is 12.2 Å². The van der Waals surface area contributed by atoms with Crippen LogP contribution in [0, 0.1) is 12.3 Å². The van der Waals surface area contributed by atoms with Gasteiger partial charge in [0, 0.05) is 6.42 Å². The molecule has 0 aliphatic carbocycles. The number of esters is 1. The summed E-state index contributed by atoms with van der Waals surface area (Å²) in [5, 5.41) is 0. The van der Waals surface area contributed by atoms with Crippen molar-refractivity contribution in [1.82, 2.24) is 0 Å². The van der Waals surface area contributed by atoms with Gasteiger partial charge in [-0.25, -0.2) is 4.79 Å². The molecule has 0 amide bonds. The molecule has 0 bridgehead atoms. The molecule has 0 atom stereocenters. The molecule has 0 radical (unpaired) electrons. The number of ether oxygens (including phenoxy) is 1. The summed E-state index contributed by atoms with van der Waals surface area (Å²) in [4.78, 5) is 11.8. The van der Waals surface area contributed by atoms with Crippen LogP contribution in [0.2, 0.25) is 0 Å². The number of carbonyl (C=O) groups excluding carboxylic acids is 1. The summed E-state index contributed by atoms with van der Waals surface area (Å²) >= 11 is 4.78. The molecule has 0 aliphatic rings. The lowest BCUT2D eigenvalue weighted by Crippen LogP contribution is -2.11. The summed E-state index contributed by atoms with van der Waals surface area (Å²) in [5.41, 5.74) is 6.83. The lowest BCUT2D eigenvalue weighted by Gasteiger charge is -2.03. The monoisotopic (exact) mass is 233 g/mol. The number of carbonyl (C=O) groups is 1. The van der Waals surface area contributed by atoms with Crippen LogP contribution in [-0.4, -0.2) is 17.6 Å². The second-order valence-electron chi connectivity index (χ2n) is 3.12. The first kappa shape index (κ1) is 12.2. The van der Waals surface area contributed by atoms with Gasteiger partial charge in [-0.15, -0.1) is 6.42 Å². The Labute approximate surface area is 99.6 Å². The Morgan fingerprint density at radius 2 is 2.06 bits per heavy atom. The maximum absolute atomic E-state index is 11.4. The van der Waals surface area contributed by atoms with Gasteiger partial charge in [-0.1, -0.05) is 30.3 Å². The first-order valence-corrected chi connectivity index (χ1v) is 5.02. The van der Waals surface area contributed by atoms with Gasteiger partial charge in [0.1, 0.15) is 0 Å². The van der Waals surface area contributed by atoms with E-state index in [1.54, 1.807) is 24.3 Å². The summed E-state index contributed by atoms with van der Waals surface area (Å²) in [7, 11) is 0. The van der Waals surface area contributed by atoms with Gasteiger partial charge in [-0.05, 0) is 17.7 Å². The predicted molar refractivity (Wildman–Crippen MR) is 66.0 cm³/mol. The molecule has 2 N–H and O–H groups in total. The van der Waals surface area contributed by atoms with E-state index < -0.39 is 5.97 Å². The number of thiocarbonyl (C=S) groups is 1. The van der Waals surface area contributed by atoms with Crippen LogP contribution in [0.15, 0.2) is 24.3 Å². The van der Waals surface area contributed by atoms with E-state index in [2.05, 4.69) is 5.92 Å². The van der Waals surface area contributed by atoms with Gasteiger partial charge in [0.2, 0.25) is 0 Å². The smallest absolute Gasteiger partial charge is 0.339 e. The van der Waals surface area contributed by atoms with Crippen LogP contribution in [0.25, 0.3) is 0 Å². The Balaban J connectivity index is 2.67. The topological polar surface area (TPSA) is 52.3 Å². The number of rotatable bonds is 4. The van der Waals surface area contributed by atoms with Crippen molar-refractivity contribution in [3.05, 3.63) is 35.4 Å². The normalized spacial score (nSPS) is 9.19. The molecule has 0 heterocycles. The van der Waals surface area contributed by atoms with E-state index in [1.807, 2.05) is 0 Å². The summed E-state index contributed by atoms with van der Waals surface area (Å²) in [5.74, 6) is 1.80. The fourth-order valence-corrected chi connectivity index (χ4v) is 1.32. The largest absolute Gasteiger partial charge is 0.449 e. The molecular formula is C12H11NO2S. The van der Waals surface area contributed by atoms with Gasteiger partial charge < -0.3 is 10.5 Å². The third-order valence-electron chi connectivity index (χ3n) is 1.85. The molecule has 1 rings (SSSR count). The zero-order valence-electron chi connectivity index (χ0n) is 8.60. The van der Waals surface area contributed by atoms with Crippen molar-refractivity contribution in [3.63, 3.8) is 0 Å². The van der Waals surface area contributed by atoms with Crippen molar-refractivity contribution in [3.8, 4) is 12.3 Å². The van der Waals surface area contributed by atoms with Crippen LogP contribution < -0.4 is 5.73 Å². The van der Waals surface area contributed by atoms with Gasteiger partial charge in [0.25, 0.3) is 0 Å². The highest BCUT2D eigenvalue weighted by molar-refractivity contribution is 7.80. The van der Waals surface area contributed by atoms with Crippen LogP contribution in [0.1, 0.15) is 15.9 Å². The summed E-state index contributed by atoms with van der Waals surface area (Å²) in [6.45, 7) is -0.0204. The zero-order valence-corrected chi connectivity index (χ0v) is 9.42. The maximum atomic E-state index is 11.4. The number of nitrogens with two attached hydrogens (primary N) is 1. The molecule has 0 spiro atoms. The molecule has 1 aromatic carbocycles.